The summed E-state index contributed by atoms with van der Waals surface area (Å²) >= 11 is 0. The SMILES string of the molecule is O=C(CCn1cnc2c(=O)[nH]cnc21)NCCc1ccc(O)c(O)c1. The van der Waals surface area contributed by atoms with Crippen LogP contribution in [0.3, 0.4) is 0 Å². The summed E-state index contributed by atoms with van der Waals surface area (Å²) in [4.78, 5) is 34.0. The molecule has 0 bridgehead atoms. The number of phenols is 2. The van der Waals surface area contributed by atoms with Crippen molar-refractivity contribution in [2.45, 2.75) is 19.4 Å². The minimum atomic E-state index is -0.314. The third kappa shape index (κ3) is 3.77. The zero-order valence-corrected chi connectivity index (χ0v) is 13.3. The molecular weight excluding hydrogens is 326 g/mol. The first-order valence-electron chi connectivity index (χ1n) is 7.70. The standard InChI is InChI=1S/C16H17N5O4/c22-11-2-1-10(7-12(11)23)3-5-17-13(24)4-6-21-9-20-14-15(21)18-8-19-16(14)25/h1-2,7-9,22-23H,3-6H2,(H,17,24)(H,18,19,25). The second kappa shape index (κ2) is 7.04. The van der Waals surface area contributed by atoms with Gasteiger partial charge in [-0.15, -0.1) is 0 Å². The van der Waals surface area contributed by atoms with Crippen LogP contribution < -0.4 is 10.9 Å². The van der Waals surface area contributed by atoms with Gasteiger partial charge in [0.15, 0.2) is 22.7 Å². The predicted octanol–water partition coefficient (Wildman–Crippen LogP) is 0.280. The lowest BCUT2D eigenvalue weighted by atomic mass is 10.1. The maximum atomic E-state index is 11.9. The number of imidazole rings is 1. The first-order chi connectivity index (χ1) is 12.0. The first kappa shape index (κ1) is 16.5. The summed E-state index contributed by atoms with van der Waals surface area (Å²) in [5.74, 6) is -0.499. The largest absolute Gasteiger partial charge is 0.504 e. The molecule has 0 aliphatic heterocycles. The van der Waals surface area contributed by atoms with Gasteiger partial charge in [0.2, 0.25) is 5.91 Å². The van der Waals surface area contributed by atoms with Gasteiger partial charge in [-0.2, -0.15) is 0 Å². The first-order valence-corrected chi connectivity index (χ1v) is 7.70. The Morgan fingerprint density at radius 2 is 2.08 bits per heavy atom. The van der Waals surface area contributed by atoms with Crippen molar-refractivity contribution in [3.8, 4) is 11.5 Å². The highest BCUT2D eigenvalue weighted by Gasteiger charge is 2.09. The van der Waals surface area contributed by atoms with Crippen LogP contribution in [0.15, 0.2) is 35.6 Å². The zero-order valence-electron chi connectivity index (χ0n) is 13.3. The van der Waals surface area contributed by atoms with Gasteiger partial charge in [-0.25, -0.2) is 9.97 Å². The van der Waals surface area contributed by atoms with Gasteiger partial charge < -0.3 is 25.1 Å². The highest BCUT2D eigenvalue weighted by Crippen LogP contribution is 2.24. The summed E-state index contributed by atoms with van der Waals surface area (Å²) < 4.78 is 1.65. The number of hydrogen-bond acceptors (Lipinski definition) is 6. The van der Waals surface area contributed by atoms with Gasteiger partial charge in [-0.05, 0) is 24.1 Å². The average molecular weight is 343 g/mol. The molecule has 0 unspecified atom stereocenters. The molecule has 25 heavy (non-hydrogen) atoms. The molecule has 130 valence electrons. The van der Waals surface area contributed by atoms with Crippen molar-refractivity contribution in [3.63, 3.8) is 0 Å². The topological polar surface area (TPSA) is 133 Å². The van der Waals surface area contributed by atoms with Gasteiger partial charge in [0.05, 0.1) is 12.7 Å². The van der Waals surface area contributed by atoms with Gasteiger partial charge in [0.1, 0.15) is 0 Å². The molecule has 9 heteroatoms. The molecule has 4 N–H and O–H groups in total. The van der Waals surface area contributed by atoms with E-state index in [1.165, 1.54) is 24.8 Å². The molecule has 0 saturated carbocycles. The Labute approximate surface area is 142 Å². The van der Waals surface area contributed by atoms with Gasteiger partial charge in [0.25, 0.3) is 5.56 Å². The van der Waals surface area contributed by atoms with Crippen LogP contribution in [0.25, 0.3) is 11.2 Å². The number of hydrogen-bond donors (Lipinski definition) is 4. The molecule has 1 aromatic carbocycles. The molecule has 0 spiro atoms. The molecule has 9 nitrogen and oxygen atoms in total. The third-order valence-corrected chi connectivity index (χ3v) is 3.76. The number of fused-ring (bicyclic) bond motifs is 1. The number of nitrogens with one attached hydrogen (secondary N) is 2. The van der Waals surface area contributed by atoms with Gasteiger partial charge in [-0.1, -0.05) is 6.07 Å². The summed E-state index contributed by atoms with van der Waals surface area (Å²) in [5.41, 5.74) is 1.18. The van der Waals surface area contributed by atoms with E-state index in [-0.39, 0.29) is 34.9 Å². The lowest BCUT2D eigenvalue weighted by Gasteiger charge is -2.07. The van der Waals surface area contributed by atoms with E-state index in [0.717, 1.165) is 5.56 Å². The van der Waals surface area contributed by atoms with Crippen molar-refractivity contribution < 1.29 is 15.0 Å². The number of aromatic nitrogens is 4. The Balaban J connectivity index is 1.50. The van der Waals surface area contributed by atoms with Crippen molar-refractivity contribution in [1.29, 1.82) is 0 Å². The van der Waals surface area contributed by atoms with E-state index < -0.39 is 0 Å². The van der Waals surface area contributed by atoms with E-state index in [1.54, 1.807) is 10.6 Å². The summed E-state index contributed by atoms with van der Waals surface area (Å²) in [6.07, 6.45) is 3.54. The van der Waals surface area contributed by atoms with Crippen LogP contribution in [-0.2, 0) is 17.8 Å². The van der Waals surface area contributed by atoms with E-state index >= 15 is 0 Å². The Kier molecular flexibility index (Phi) is 4.64. The number of aromatic hydroxyl groups is 2. The van der Waals surface area contributed by atoms with E-state index in [9.17, 15) is 19.8 Å². The monoisotopic (exact) mass is 343 g/mol. The van der Waals surface area contributed by atoms with E-state index in [2.05, 4.69) is 20.3 Å². The quantitative estimate of drug-likeness (QED) is 0.475. The highest BCUT2D eigenvalue weighted by atomic mass is 16.3. The molecule has 0 aliphatic carbocycles. The summed E-state index contributed by atoms with van der Waals surface area (Å²) in [6.45, 7) is 0.768. The molecule has 1 amide bonds. The van der Waals surface area contributed by atoms with Crippen LogP contribution in [0.4, 0.5) is 0 Å². The lowest BCUT2D eigenvalue weighted by Crippen LogP contribution is -2.26. The molecule has 2 aromatic heterocycles. The molecule has 2 heterocycles. The number of amides is 1. The van der Waals surface area contributed by atoms with Crippen LogP contribution in [0, 0.1) is 0 Å². The summed E-state index contributed by atoms with van der Waals surface area (Å²) in [6, 6.07) is 4.55. The Hall–Kier alpha value is -3.36. The molecular formula is C16H17N5O4. The number of benzene rings is 1. The van der Waals surface area contributed by atoms with Gasteiger partial charge >= 0.3 is 0 Å². The number of carbonyl (C=O) groups excluding carboxylic acids is 1. The van der Waals surface area contributed by atoms with Crippen molar-refractivity contribution >= 4 is 17.1 Å². The molecule has 0 aliphatic rings. The number of phenolic OH excluding ortho intramolecular Hbond substituents is 2. The second-order valence-electron chi connectivity index (χ2n) is 5.51. The number of rotatable bonds is 6. The van der Waals surface area contributed by atoms with Crippen LogP contribution in [0.2, 0.25) is 0 Å². The smallest absolute Gasteiger partial charge is 0.278 e. The van der Waals surface area contributed by atoms with Crippen LogP contribution >= 0.6 is 0 Å². The maximum Gasteiger partial charge on any atom is 0.278 e. The fraction of sp³-hybridized carbons (Fsp3) is 0.250. The normalized spacial score (nSPS) is 10.9. The molecule has 0 radical (unpaired) electrons. The second-order valence-corrected chi connectivity index (χ2v) is 5.51. The van der Waals surface area contributed by atoms with E-state index in [0.29, 0.717) is 25.2 Å². The number of aryl methyl sites for hydroxylation is 1. The van der Waals surface area contributed by atoms with Crippen LogP contribution in [0.1, 0.15) is 12.0 Å². The van der Waals surface area contributed by atoms with Gasteiger partial charge in [-0.3, -0.25) is 9.59 Å². The minimum absolute atomic E-state index is 0.144. The van der Waals surface area contributed by atoms with Gasteiger partial charge in [0, 0.05) is 19.5 Å². The molecule has 3 rings (SSSR count). The highest BCUT2D eigenvalue weighted by molar-refractivity contribution is 5.76. The Bertz CT molecular complexity index is 963. The zero-order chi connectivity index (χ0) is 17.8. The van der Waals surface area contributed by atoms with Crippen molar-refractivity contribution in [2.75, 3.05) is 6.54 Å². The van der Waals surface area contributed by atoms with E-state index in [4.69, 9.17) is 0 Å². The lowest BCUT2D eigenvalue weighted by molar-refractivity contribution is -0.121. The third-order valence-electron chi connectivity index (χ3n) is 3.76. The number of aromatic amines is 1. The fourth-order valence-corrected chi connectivity index (χ4v) is 2.44. The summed E-state index contributed by atoms with van der Waals surface area (Å²) in [5, 5.41) is 21.5. The number of nitrogens with zero attached hydrogens (tertiary/aromatic N) is 3. The fourth-order valence-electron chi connectivity index (χ4n) is 2.44. The predicted molar refractivity (Wildman–Crippen MR) is 89.3 cm³/mol. The maximum absolute atomic E-state index is 11.9. The van der Waals surface area contributed by atoms with Crippen molar-refractivity contribution in [3.05, 3.63) is 46.8 Å². The van der Waals surface area contributed by atoms with Crippen molar-refractivity contribution in [2.24, 2.45) is 0 Å². The van der Waals surface area contributed by atoms with Crippen molar-refractivity contribution in [1.82, 2.24) is 24.8 Å². The van der Waals surface area contributed by atoms with E-state index in [1.807, 2.05) is 0 Å². The number of carbonyl (C=O) groups is 1. The molecule has 3 aromatic rings. The number of H-pyrrole nitrogens is 1. The Morgan fingerprint density at radius 3 is 2.88 bits per heavy atom. The Morgan fingerprint density at radius 1 is 1.24 bits per heavy atom. The van der Waals surface area contributed by atoms with Crippen LogP contribution in [-0.4, -0.2) is 42.2 Å². The molecule has 0 fully saturated rings. The molecule has 0 saturated heterocycles. The van der Waals surface area contributed by atoms with Crippen LogP contribution in [0.5, 0.6) is 11.5 Å². The minimum Gasteiger partial charge on any atom is -0.504 e. The summed E-state index contributed by atoms with van der Waals surface area (Å²) in [7, 11) is 0. The molecule has 0 atom stereocenters. The average Bonchev–Trinajstić information content (AvgIpc) is 3.01.